The molecule has 2 aromatic rings. The van der Waals surface area contributed by atoms with Crippen LogP contribution in [-0.2, 0) is 14.2 Å². The first-order valence-corrected chi connectivity index (χ1v) is 22.6. The van der Waals surface area contributed by atoms with E-state index in [2.05, 4.69) is 53.1 Å². The third kappa shape index (κ3) is 12.4. The van der Waals surface area contributed by atoms with Crippen LogP contribution in [0.25, 0.3) is 0 Å². The minimum absolute atomic E-state index is 0.00392. The number of hydrogen-bond acceptors (Lipinski definition) is 8. The number of rotatable bonds is 20. The van der Waals surface area contributed by atoms with Crippen LogP contribution in [0.4, 0.5) is 0 Å². The smallest absolute Gasteiger partial charge is 0.343 e. The number of hydrogen-bond donors (Lipinski definition) is 1. The average Bonchev–Trinajstić information content (AvgIpc) is 2.91. The number of ether oxygens (including phenoxy) is 6. The zero-order valence-corrected chi connectivity index (χ0v) is 30.2. The van der Waals surface area contributed by atoms with E-state index in [0.29, 0.717) is 31.5 Å². The Morgan fingerprint density at radius 3 is 2.05 bits per heavy atom. The SMILES string of the molecule is COc1c([C@H](CC(C)C)OCOCC[Si](C)(C)C)ccc(Oc2c(C=O)cc(C)cc2OCOCC[Si](C)(C)C)c1C(=O)O. The predicted octanol–water partition coefficient (Wildman–Crippen LogP) is 8.41. The number of methoxy groups -OCH3 is 1. The normalized spacial score (nSPS) is 12.7. The van der Waals surface area contributed by atoms with Crippen molar-refractivity contribution in [2.75, 3.05) is 33.9 Å². The molecule has 0 aliphatic carbocycles. The van der Waals surface area contributed by atoms with E-state index >= 15 is 0 Å². The molecular formula is C33H52O9Si2. The fourth-order valence-electron chi connectivity index (χ4n) is 4.35. The molecular weight excluding hydrogens is 597 g/mol. The fraction of sp³-hybridized carbons (Fsp3) is 0.576. The van der Waals surface area contributed by atoms with E-state index in [4.69, 9.17) is 28.4 Å². The van der Waals surface area contributed by atoms with Crippen LogP contribution in [0.15, 0.2) is 24.3 Å². The number of carboxylic acid groups (broad SMARTS) is 1. The molecule has 2 aromatic carbocycles. The molecule has 0 amide bonds. The van der Waals surface area contributed by atoms with Crippen molar-refractivity contribution >= 4 is 28.4 Å². The average molecular weight is 649 g/mol. The van der Waals surface area contributed by atoms with Gasteiger partial charge in [-0.2, -0.15) is 0 Å². The van der Waals surface area contributed by atoms with Gasteiger partial charge in [0.15, 0.2) is 24.6 Å². The molecule has 11 heteroatoms. The summed E-state index contributed by atoms with van der Waals surface area (Å²) in [5.41, 5.74) is 1.39. The van der Waals surface area contributed by atoms with Gasteiger partial charge in [-0.15, -0.1) is 0 Å². The van der Waals surface area contributed by atoms with Crippen molar-refractivity contribution in [3.8, 4) is 23.0 Å². The molecule has 0 heterocycles. The van der Waals surface area contributed by atoms with Crippen LogP contribution in [0, 0.1) is 12.8 Å². The van der Waals surface area contributed by atoms with Gasteiger partial charge in [0.25, 0.3) is 0 Å². The second-order valence-corrected chi connectivity index (χ2v) is 25.1. The summed E-state index contributed by atoms with van der Waals surface area (Å²) in [4.78, 5) is 24.7. The van der Waals surface area contributed by atoms with Gasteiger partial charge in [-0.25, -0.2) is 4.79 Å². The molecule has 0 aliphatic heterocycles. The summed E-state index contributed by atoms with van der Waals surface area (Å²) in [5.74, 6) is -0.487. The number of carbonyl (C=O) groups excluding carboxylic acids is 1. The Bertz CT molecular complexity index is 1230. The standard InChI is InChI=1S/C33H52O9Si2/c1-23(2)17-28(40-21-38-13-15-43(5,6)7)26-11-12-27(30(33(35)36)32(26)37-4)42-31-25(20-34)18-24(3)19-29(31)41-22-39-14-16-44(8,9)10/h11-12,18-20,23,28H,13-17,21-22H2,1-10H3,(H,35,36)/t28-/m0/s1. The number of aromatic carboxylic acids is 1. The van der Waals surface area contributed by atoms with Crippen LogP contribution in [-0.4, -0.2) is 67.4 Å². The lowest BCUT2D eigenvalue weighted by Crippen LogP contribution is -2.22. The zero-order valence-electron chi connectivity index (χ0n) is 28.2. The van der Waals surface area contributed by atoms with Gasteiger partial charge >= 0.3 is 5.97 Å². The highest BCUT2D eigenvalue weighted by Gasteiger charge is 2.28. The van der Waals surface area contributed by atoms with Gasteiger partial charge < -0.3 is 33.5 Å². The van der Waals surface area contributed by atoms with Gasteiger partial charge in [0.2, 0.25) is 0 Å². The van der Waals surface area contributed by atoms with Gasteiger partial charge in [-0.1, -0.05) is 53.1 Å². The molecule has 1 atom stereocenters. The van der Waals surface area contributed by atoms with Crippen LogP contribution in [0.2, 0.25) is 51.4 Å². The molecule has 2 rings (SSSR count). The summed E-state index contributed by atoms with van der Waals surface area (Å²) in [6, 6.07) is 8.68. The predicted molar refractivity (Wildman–Crippen MR) is 178 cm³/mol. The van der Waals surface area contributed by atoms with Crippen molar-refractivity contribution in [3.05, 3.63) is 46.5 Å². The molecule has 9 nitrogen and oxygen atoms in total. The van der Waals surface area contributed by atoms with E-state index < -0.39 is 28.2 Å². The third-order valence-electron chi connectivity index (χ3n) is 6.81. The Balaban J connectivity index is 2.42. The Morgan fingerprint density at radius 1 is 0.909 bits per heavy atom. The van der Waals surface area contributed by atoms with Crippen LogP contribution in [0.5, 0.6) is 23.0 Å². The molecule has 1 N–H and O–H groups in total. The quantitative estimate of drug-likeness (QED) is 0.0655. The van der Waals surface area contributed by atoms with Crippen LogP contribution < -0.4 is 14.2 Å². The lowest BCUT2D eigenvalue weighted by molar-refractivity contribution is -0.0936. The number of carboxylic acids is 1. The molecule has 246 valence electrons. The topological polar surface area (TPSA) is 110 Å². The summed E-state index contributed by atoms with van der Waals surface area (Å²) >= 11 is 0. The van der Waals surface area contributed by atoms with Gasteiger partial charge in [0.1, 0.15) is 23.9 Å². The van der Waals surface area contributed by atoms with Crippen LogP contribution in [0.3, 0.4) is 0 Å². The maximum atomic E-state index is 12.7. The lowest BCUT2D eigenvalue weighted by atomic mass is 9.96. The molecule has 44 heavy (non-hydrogen) atoms. The maximum Gasteiger partial charge on any atom is 0.343 e. The minimum Gasteiger partial charge on any atom is -0.495 e. The largest absolute Gasteiger partial charge is 0.495 e. The molecule has 0 saturated heterocycles. The molecule has 0 fully saturated rings. The van der Waals surface area contributed by atoms with Crippen molar-refractivity contribution in [2.45, 2.75) is 84.7 Å². The van der Waals surface area contributed by atoms with E-state index in [1.54, 1.807) is 24.3 Å². The highest BCUT2D eigenvalue weighted by molar-refractivity contribution is 6.76. The Hall–Kier alpha value is -2.71. The third-order valence-corrected chi connectivity index (χ3v) is 10.2. The van der Waals surface area contributed by atoms with Crippen molar-refractivity contribution in [1.29, 1.82) is 0 Å². The van der Waals surface area contributed by atoms with Gasteiger partial charge in [0, 0.05) is 34.9 Å². The fourth-order valence-corrected chi connectivity index (χ4v) is 5.86. The monoisotopic (exact) mass is 648 g/mol. The highest BCUT2D eigenvalue weighted by atomic mass is 28.3. The van der Waals surface area contributed by atoms with Crippen LogP contribution >= 0.6 is 0 Å². The Morgan fingerprint density at radius 2 is 1.52 bits per heavy atom. The molecule has 0 spiro atoms. The zero-order chi connectivity index (χ0) is 33.1. The summed E-state index contributed by atoms with van der Waals surface area (Å²) in [6.45, 7) is 20.8. The van der Waals surface area contributed by atoms with Gasteiger partial charge in [-0.3, -0.25) is 4.79 Å². The van der Waals surface area contributed by atoms with Gasteiger partial charge in [0.05, 0.1) is 18.8 Å². The summed E-state index contributed by atoms with van der Waals surface area (Å²) < 4.78 is 35.4. The van der Waals surface area contributed by atoms with Crippen molar-refractivity contribution in [3.63, 3.8) is 0 Å². The first kappa shape index (κ1) is 37.5. The van der Waals surface area contributed by atoms with Gasteiger partial charge in [-0.05, 0) is 61.2 Å². The molecule has 0 aliphatic rings. The highest BCUT2D eigenvalue weighted by Crippen LogP contribution is 2.43. The summed E-state index contributed by atoms with van der Waals surface area (Å²) in [7, 11) is -1.10. The second-order valence-electron chi connectivity index (χ2n) is 13.9. The van der Waals surface area contributed by atoms with E-state index in [9.17, 15) is 14.7 Å². The maximum absolute atomic E-state index is 12.7. The Labute approximate surface area is 265 Å². The van der Waals surface area contributed by atoms with E-state index in [0.717, 1.165) is 17.7 Å². The molecule has 0 bridgehead atoms. The van der Waals surface area contributed by atoms with Crippen molar-refractivity contribution in [2.24, 2.45) is 5.92 Å². The number of aryl methyl sites for hydroxylation is 1. The lowest BCUT2D eigenvalue weighted by Gasteiger charge is -2.25. The first-order chi connectivity index (χ1) is 20.6. The van der Waals surface area contributed by atoms with Crippen LogP contribution in [0.1, 0.15) is 58.2 Å². The number of carbonyl (C=O) groups is 2. The minimum atomic E-state index is -1.27. The van der Waals surface area contributed by atoms with E-state index in [1.165, 1.54) is 7.11 Å². The van der Waals surface area contributed by atoms with E-state index in [1.807, 2.05) is 6.92 Å². The number of aldehydes is 1. The summed E-state index contributed by atoms with van der Waals surface area (Å²) in [6.07, 6.45) is 0.804. The molecule has 0 saturated carbocycles. The van der Waals surface area contributed by atoms with E-state index in [-0.39, 0.29) is 53.6 Å². The molecule has 0 unspecified atom stereocenters. The molecule has 0 radical (unpaired) electrons. The second kappa shape index (κ2) is 17.1. The molecule has 0 aromatic heterocycles. The first-order valence-electron chi connectivity index (χ1n) is 15.2. The van der Waals surface area contributed by atoms with Crippen molar-refractivity contribution < 1.29 is 43.1 Å². The summed E-state index contributed by atoms with van der Waals surface area (Å²) in [5, 5.41) is 10.3. The van der Waals surface area contributed by atoms with Crippen molar-refractivity contribution in [1.82, 2.24) is 0 Å². The Kier molecular flexibility index (Phi) is 14.6. The number of benzene rings is 2.